The van der Waals surface area contributed by atoms with Gasteiger partial charge < -0.3 is 19.3 Å². The molecule has 0 aromatic heterocycles. The van der Waals surface area contributed by atoms with Crippen molar-refractivity contribution in [2.45, 2.75) is 59.2 Å². The summed E-state index contributed by atoms with van der Waals surface area (Å²) >= 11 is 0. The molecule has 3 unspecified atom stereocenters. The van der Waals surface area contributed by atoms with Gasteiger partial charge in [-0.15, -0.1) is 0 Å². The highest BCUT2D eigenvalue weighted by molar-refractivity contribution is 5.80. The van der Waals surface area contributed by atoms with E-state index in [1.807, 2.05) is 0 Å². The van der Waals surface area contributed by atoms with E-state index in [0.29, 0.717) is 0 Å². The highest BCUT2D eigenvalue weighted by Gasteiger charge is 2.23. The zero-order valence-corrected chi connectivity index (χ0v) is 10.8. The van der Waals surface area contributed by atoms with E-state index in [1.165, 1.54) is 13.8 Å². The summed E-state index contributed by atoms with van der Waals surface area (Å²) in [5, 5.41) is 8.90. The van der Waals surface area contributed by atoms with Gasteiger partial charge in [-0.05, 0) is 34.6 Å². The van der Waals surface area contributed by atoms with Crippen LogP contribution >= 0.6 is 0 Å². The van der Waals surface area contributed by atoms with Crippen LogP contribution in [0.3, 0.4) is 0 Å². The predicted octanol–water partition coefficient (Wildman–Crippen LogP) is 0.613. The number of carbonyl (C=O) groups excluding carboxylic acids is 2. The molecule has 17 heavy (non-hydrogen) atoms. The lowest BCUT2D eigenvalue weighted by molar-refractivity contribution is -0.195. The van der Waals surface area contributed by atoms with Gasteiger partial charge in [0.15, 0.2) is 6.10 Å². The summed E-state index contributed by atoms with van der Waals surface area (Å²) in [5.41, 5.74) is 0. The molecular formula is C11H20O6. The zero-order valence-electron chi connectivity index (χ0n) is 10.8. The quantitative estimate of drug-likeness (QED) is 0.548. The SMILES string of the molecule is CC(C)OC(C)OC(=O)C(C)OC(=O)C(C)O. The Morgan fingerprint density at radius 2 is 1.47 bits per heavy atom. The van der Waals surface area contributed by atoms with Crippen molar-refractivity contribution in [3.8, 4) is 0 Å². The number of esters is 2. The molecule has 6 nitrogen and oxygen atoms in total. The van der Waals surface area contributed by atoms with Gasteiger partial charge in [-0.25, -0.2) is 9.59 Å². The predicted molar refractivity (Wildman–Crippen MR) is 59.0 cm³/mol. The summed E-state index contributed by atoms with van der Waals surface area (Å²) in [6.45, 7) is 7.80. The van der Waals surface area contributed by atoms with Gasteiger partial charge in [0.1, 0.15) is 6.10 Å². The fourth-order valence-electron chi connectivity index (χ4n) is 0.991. The second-order valence-corrected chi connectivity index (χ2v) is 3.94. The molecule has 0 spiro atoms. The smallest absolute Gasteiger partial charge is 0.349 e. The highest BCUT2D eigenvalue weighted by Crippen LogP contribution is 2.04. The van der Waals surface area contributed by atoms with Gasteiger partial charge in [-0.3, -0.25) is 0 Å². The molecule has 0 aromatic rings. The molecule has 0 aliphatic heterocycles. The van der Waals surface area contributed by atoms with Gasteiger partial charge in [-0.1, -0.05) is 0 Å². The van der Waals surface area contributed by atoms with Crippen molar-refractivity contribution in [2.24, 2.45) is 0 Å². The monoisotopic (exact) mass is 248 g/mol. The molecule has 6 heteroatoms. The molecule has 1 N–H and O–H groups in total. The average molecular weight is 248 g/mol. The minimum absolute atomic E-state index is 0.0758. The first-order valence-electron chi connectivity index (χ1n) is 5.48. The molecule has 0 aromatic carbocycles. The minimum atomic E-state index is -1.27. The van der Waals surface area contributed by atoms with E-state index < -0.39 is 30.4 Å². The summed E-state index contributed by atoms with van der Waals surface area (Å²) in [4.78, 5) is 22.4. The van der Waals surface area contributed by atoms with E-state index >= 15 is 0 Å². The molecule has 0 saturated heterocycles. The molecule has 0 heterocycles. The number of ether oxygens (including phenoxy) is 3. The van der Waals surface area contributed by atoms with Crippen LogP contribution in [0.4, 0.5) is 0 Å². The number of aliphatic hydroxyl groups is 1. The lowest BCUT2D eigenvalue weighted by Gasteiger charge is -2.19. The van der Waals surface area contributed by atoms with Crippen LogP contribution in [0, 0.1) is 0 Å². The maximum Gasteiger partial charge on any atom is 0.349 e. The zero-order chi connectivity index (χ0) is 13.6. The molecule has 0 bridgehead atoms. The Hall–Kier alpha value is -1.14. The fraction of sp³-hybridized carbons (Fsp3) is 0.818. The molecule has 0 aliphatic rings. The van der Waals surface area contributed by atoms with Gasteiger partial charge in [0.25, 0.3) is 0 Å². The Morgan fingerprint density at radius 1 is 0.941 bits per heavy atom. The Morgan fingerprint density at radius 3 is 1.88 bits per heavy atom. The van der Waals surface area contributed by atoms with Crippen LogP contribution in [0.5, 0.6) is 0 Å². The highest BCUT2D eigenvalue weighted by atomic mass is 16.7. The van der Waals surface area contributed by atoms with Crippen LogP contribution in [0.15, 0.2) is 0 Å². The van der Waals surface area contributed by atoms with E-state index in [1.54, 1.807) is 20.8 Å². The molecular weight excluding hydrogens is 228 g/mol. The minimum Gasteiger partial charge on any atom is -0.449 e. The Balaban J connectivity index is 4.09. The number of hydrogen-bond acceptors (Lipinski definition) is 6. The van der Waals surface area contributed by atoms with Crippen LogP contribution in [0.2, 0.25) is 0 Å². The van der Waals surface area contributed by atoms with Gasteiger partial charge in [-0.2, -0.15) is 0 Å². The van der Waals surface area contributed by atoms with E-state index in [4.69, 9.17) is 14.6 Å². The summed E-state index contributed by atoms with van der Waals surface area (Å²) < 4.78 is 14.7. The lowest BCUT2D eigenvalue weighted by Crippen LogP contribution is -2.33. The maximum atomic E-state index is 11.4. The van der Waals surface area contributed by atoms with Crippen molar-refractivity contribution in [1.82, 2.24) is 0 Å². The number of hydrogen-bond donors (Lipinski definition) is 1. The van der Waals surface area contributed by atoms with Gasteiger partial charge in [0, 0.05) is 0 Å². The molecule has 100 valence electrons. The Kier molecular flexibility index (Phi) is 6.75. The molecule has 3 atom stereocenters. The van der Waals surface area contributed by atoms with Crippen LogP contribution < -0.4 is 0 Å². The van der Waals surface area contributed by atoms with E-state index in [0.717, 1.165) is 0 Å². The third kappa shape index (κ3) is 6.91. The normalized spacial score (nSPS) is 16.2. The van der Waals surface area contributed by atoms with Crippen LogP contribution in [0.25, 0.3) is 0 Å². The third-order valence-corrected chi connectivity index (χ3v) is 1.71. The lowest BCUT2D eigenvalue weighted by atomic mass is 10.4. The third-order valence-electron chi connectivity index (χ3n) is 1.71. The van der Waals surface area contributed by atoms with Crippen molar-refractivity contribution in [2.75, 3.05) is 0 Å². The average Bonchev–Trinajstić information content (AvgIpc) is 2.15. The Bertz CT molecular complexity index is 261. The first-order valence-corrected chi connectivity index (χ1v) is 5.48. The van der Waals surface area contributed by atoms with Crippen molar-refractivity contribution in [1.29, 1.82) is 0 Å². The Labute approximate surface area is 101 Å². The topological polar surface area (TPSA) is 82.1 Å². The fourth-order valence-corrected chi connectivity index (χ4v) is 0.991. The maximum absolute atomic E-state index is 11.4. The molecule has 0 rings (SSSR count). The molecule has 0 radical (unpaired) electrons. The summed E-state index contributed by atoms with van der Waals surface area (Å²) in [5.74, 6) is -1.58. The van der Waals surface area contributed by atoms with Crippen molar-refractivity contribution in [3.05, 3.63) is 0 Å². The largest absolute Gasteiger partial charge is 0.449 e. The standard InChI is InChI=1S/C11H20O6/c1-6(2)15-9(5)17-11(14)8(4)16-10(13)7(3)12/h6-9,12H,1-5H3. The van der Waals surface area contributed by atoms with E-state index in [-0.39, 0.29) is 6.10 Å². The van der Waals surface area contributed by atoms with E-state index in [9.17, 15) is 9.59 Å². The van der Waals surface area contributed by atoms with Crippen molar-refractivity contribution in [3.63, 3.8) is 0 Å². The molecule has 0 amide bonds. The molecule has 0 fully saturated rings. The second-order valence-electron chi connectivity index (χ2n) is 3.94. The molecule has 0 aliphatic carbocycles. The van der Waals surface area contributed by atoms with Crippen LogP contribution in [0.1, 0.15) is 34.6 Å². The summed E-state index contributed by atoms with van der Waals surface area (Å²) in [6.07, 6.45) is -3.13. The number of rotatable bonds is 6. The number of aliphatic hydroxyl groups excluding tert-OH is 1. The summed E-state index contributed by atoms with van der Waals surface area (Å²) in [6, 6.07) is 0. The first kappa shape index (κ1) is 15.9. The van der Waals surface area contributed by atoms with Gasteiger partial charge in [0.05, 0.1) is 6.10 Å². The van der Waals surface area contributed by atoms with E-state index in [2.05, 4.69) is 4.74 Å². The number of carbonyl (C=O) groups is 2. The van der Waals surface area contributed by atoms with Crippen LogP contribution in [-0.2, 0) is 23.8 Å². The second kappa shape index (κ2) is 7.24. The van der Waals surface area contributed by atoms with Crippen molar-refractivity contribution < 1.29 is 28.9 Å². The first-order chi connectivity index (χ1) is 7.73. The molecule has 0 saturated carbocycles. The summed E-state index contributed by atoms with van der Waals surface area (Å²) in [7, 11) is 0. The van der Waals surface area contributed by atoms with Crippen molar-refractivity contribution >= 4 is 11.9 Å². The van der Waals surface area contributed by atoms with Gasteiger partial charge in [0.2, 0.25) is 6.29 Å². The van der Waals surface area contributed by atoms with Crippen LogP contribution in [-0.4, -0.2) is 41.6 Å². The van der Waals surface area contributed by atoms with Gasteiger partial charge >= 0.3 is 11.9 Å².